The zero-order valence-corrected chi connectivity index (χ0v) is 14.4. The van der Waals surface area contributed by atoms with E-state index in [0.717, 1.165) is 23.1 Å². The minimum absolute atomic E-state index is 0.792. The van der Waals surface area contributed by atoms with Crippen molar-refractivity contribution < 1.29 is 8.85 Å². The summed E-state index contributed by atoms with van der Waals surface area (Å²) in [6.07, 6.45) is 2.70. The van der Waals surface area contributed by atoms with Gasteiger partial charge >= 0.3 is 9.28 Å². The molecule has 0 heterocycles. The normalized spacial score (nSPS) is 10.4. The Kier molecular flexibility index (Phi) is 5.48. The summed E-state index contributed by atoms with van der Waals surface area (Å²) < 4.78 is 12.5. The van der Waals surface area contributed by atoms with Gasteiger partial charge in [0, 0.05) is 5.19 Å². The van der Waals surface area contributed by atoms with E-state index < -0.39 is 9.28 Å². The van der Waals surface area contributed by atoms with Crippen LogP contribution < -0.4 is 14.0 Å². The van der Waals surface area contributed by atoms with Gasteiger partial charge in [0.1, 0.15) is 11.5 Å². The molecule has 0 aliphatic rings. The monoisotopic (exact) mass is 331 g/mol. The Morgan fingerprint density at radius 2 is 1.21 bits per heavy atom. The van der Waals surface area contributed by atoms with Gasteiger partial charge in [-0.1, -0.05) is 66.7 Å². The lowest BCUT2D eigenvalue weighted by Gasteiger charge is -2.19. The van der Waals surface area contributed by atoms with E-state index in [4.69, 9.17) is 8.85 Å². The van der Waals surface area contributed by atoms with Gasteiger partial charge in [-0.25, -0.2) is 0 Å². The summed E-state index contributed by atoms with van der Waals surface area (Å²) in [5.41, 5.74) is 1.19. The molecule has 119 valence electrons. The third kappa shape index (κ3) is 4.15. The summed E-state index contributed by atoms with van der Waals surface area (Å²) in [4.78, 5) is 0. The molecule has 3 aromatic rings. The van der Waals surface area contributed by atoms with Crippen molar-refractivity contribution in [3.05, 3.63) is 103 Å². The highest BCUT2D eigenvalue weighted by Crippen LogP contribution is 2.15. The summed E-state index contributed by atoms with van der Waals surface area (Å²) in [6.45, 7) is 3.85. The predicted molar refractivity (Wildman–Crippen MR) is 99.9 cm³/mol. The zero-order valence-electron chi connectivity index (χ0n) is 13.4. The molecule has 0 bridgehead atoms. The summed E-state index contributed by atoms with van der Waals surface area (Å²) in [5.74, 6) is 1.63. The van der Waals surface area contributed by atoms with Gasteiger partial charge in [0.2, 0.25) is 0 Å². The second-order valence-electron chi connectivity index (χ2n) is 5.27. The summed E-state index contributed by atoms with van der Waals surface area (Å²) in [5, 5.41) is 1.11. The Balaban J connectivity index is 1.93. The maximum atomic E-state index is 6.24. The van der Waals surface area contributed by atoms with Crippen molar-refractivity contribution in [2.45, 2.75) is 6.42 Å². The summed E-state index contributed by atoms with van der Waals surface area (Å²) in [6, 6.07) is 27.9. The number of hydrogen-bond acceptors (Lipinski definition) is 2. The number of benzene rings is 3. The highest BCUT2D eigenvalue weighted by Gasteiger charge is 2.27. The zero-order chi connectivity index (χ0) is 16.6. The standard InChI is InChI=1S/C21H19O2Si/c1-2-11-18-12-9-10-17-21(18)24(22-19-13-5-3-6-14-19)23-20-15-7-4-8-16-20/h2-10,12-17H,1,11H2. The van der Waals surface area contributed by atoms with Crippen LogP contribution in [-0.4, -0.2) is 9.28 Å². The van der Waals surface area contributed by atoms with Crippen molar-refractivity contribution in [3.63, 3.8) is 0 Å². The summed E-state index contributed by atoms with van der Waals surface area (Å²) >= 11 is 0. The first-order valence-electron chi connectivity index (χ1n) is 7.89. The molecule has 1 radical (unpaired) electrons. The Hall–Kier alpha value is -2.78. The van der Waals surface area contributed by atoms with Gasteiger partial charge in [0.25, 0.3) is 0 Å². The predicted octanol–water partition coefficient (Wildman–Crippen LogP) is 4.27. The smallest absolute Gasteiger partial charge is 0.507 e. The molecule has 0 aliphatic carbocycles. The second-order valence-corrected chi connectivity index (χ2v) is 6.79. The molecule has 3 heteroatoms. The van der Waals surface area contributed by atoms with E-state index in [1.54, 1.807) is 0 Å². The fraction of sp³-hybridized carbons (Fsp3) is 0.0476. The van der Waals surface area contributed by atoms with Crippen molar-refractivity contribution >= 4 is 14.5 Å². The first-order chi connectivity index (χ1) is 11.9. The summed E-state index contributed by atoms with van der Waals surface area (Å²) in [7, 11) is -1.73. The fourth-order valence-electron chi connectivity index (χ4n) is 2.37. The van der Waals surface area contributed by atoms with Crippen LogP contribution >= 0.6 is 0 Å². The average molecular weight is 331 g/mol. The average Bonchev–Trinajstić information content (AvgIpc) is 2.64. The molecule has 0 N–H and O–H groups in total. The third-order valence-corrected chi connectivity index (χ3v) is 5.28. The highest BCUT2D eigenvalue weighted by atomic mass is 28.3. The van der Waals surface area contributed by atoms with Crippen molar-refractivity contribution in [1.82, 2.24) is 0 Å². The van der Waals surface area contributed by atoms with Crippen LogP contribution in [0.5, 0.6) is 11.5 Å². The topological polar surface area (TPSA) is 18.5 Å². The quantitative estimate of drug-likeness (QED) is 0.475. The maximum absolute atomic E-state index is 6.24. The molecule has 3 aromatic carbocycles. The van der Waals surface area contributed by atoms with Gasteiger partial charge in [-0.05, 0) is 36.2 Å². The number of allylic oxidation sites excluding steroid dienone is 1. The molecule has 0 aliphatic heterocycles. The molecule has 3 rings (SSSR count). The molecule has 0 aromatic heterocycles. The number of para-hydroxylation sites is 2. The van der Waals surface area contributed by atoms with Crippen LogP contribution in [-0.2, 0) is 6.42 Å². The van der Waals surface area contributed by atoms with Crippen LogP contribution in [0.3, 0.4) is 0 Å². The van der Waals surface area contributed by atoms with E-state index in [1.165, 1.54) is 5.56 Å². The Morgan fingerprint density at radius 3 is 1.75 bits per heavy atom. The third-order valence-electron chi connectivity index (χ3n) is 3.51. The molecule has 0 fully saturated rings. The fourth-order valence-corrected chi connectivity index (χ4v) is 4.02. The minimum Gasteiger partial charge on any atom is -0.507 e. The Morgan fingerprint density at radius 1 is 0.708 bits per heavy atom. The second kappa shape index (κ2) is 8.18. The highest BCUT2D eigenvalue weighted by molar-refractivity contribution is 6.63. The van der Waals surface area contributed by atoms with E-state index in [1.807, 2.05) is 78.9 Å². The first-order valence-corrected chi connectivity index (χ1v) is 9.20. The van der Waals surface area contributed by atoms with E-state index >= 15 is 0 Å². The minimum atomic E-state index is -1.73. The van der Waals surface area contributed by atoms with Crippen LogP contribution in [0.2, 0.25) is 0 Å². The van der Waals surface area contributed by atoms with Crippen molar-refractivity contribution in [3.8, 4) is 11.5 Å². The molecule has 0 spiro atoms. The lowest BCUT2D eigenvalue weighted by molar-refractivity contribution is 0.439. The molecular formula is C21H19O2Si. The van der Waals surface area contributed by atoms with E-state index in [-0.39, 0.29) is 0 Å². The van der Waals surface area contributed by atoms with Crippen LogP contribution in [0, 0.1) is 0 Å². The van der Waals surface area contributed by atoms with Gasteiger partial charge < -0.3 is 8.85 Å². The van der Waals surface area contributed by atoms with Gasteiger partial charge in [0.05, 0.1) is 0 Å². The molecule has 24 heavy (non-hydrogen) atoms. The van der Waals surface area contributed by atoms with Crippen LogP contribution in [0.25, 0.3) is 0 Å². The van der Waals surface area contributed by atoms with E-state index in [2.05, 4.69) is 18.7 Å². The lowest BCUT2D eigenvalue weighted by Crippen LogP contribution is -2.44. The molecular weight excluding hydrogens is 312 g/mol. The van der Waals surface area contributed by atoms with Crippen molar-refractivity contribution in [2.24, 2.45) is 0 Å². The first kappa shape index (κ1) is 16.1. The van der Waals surface area contributed by atoms with Crippen molar-refractivity contribution in [2.75, 3.05) is 0 Å². The van der Waals surface area contributed by atoms with Gasteiger partial charge in [-0.3, -0.25) is 0 Å². The number of hydrogen-bond donors (Lipinski definition) is 0. The van der Waals surface area contributed by atoms with Crippen LogP contribution in [0.4, 0.5) is 0 Å². The van der Waals surface area contributed by atoms with Crippen LogP contribution in [0.15, 0.2) is 97.6 Å². The lowest BCUT2D eigenvalue weighted by atomic mass is 10.1. The van der Waals surface area contributed by atoms with E-state index in [9.17, 15) is 0 Å². The SMILES string of the molecule is C=CCc1ccccc1[Si](Oc1ccccc1)Oc1ccccc1. The molecule has 0 amide bonds. The van der Waals surface area contributed by atoms with Crippen LogP contribution in [0.1, 0.15) is 5.56 Å². The van der Waals surface area contributed by atoms with Gasteiger partial charge in [0.15, 0.2) is 0 Å². The van der Waals surface area contributed by atoms with E-state index in [0.29, 0.717) is 0 Å². The molecule has 2 nitrogen and oxygen atoms in total. The Bertz CT molecular complexity index is 731. The molecule has 0 unspecified atom stereocenters. The Labute approximate surface area is 144 Å². The van der Waals surface area contributed by atoms with Gasteiger partial charge in [-0.2, -0.15) is 0 Å². The van der Waals surface area contributed by atoms with Crippen molar-refractivity contribution in [1.29, 1.82) is 0 Å². The molecule has 0 saturated carbocycles. The number of rotatable bonds is 7. The molecule has 0 saturated heterocycles. The van der Waals surface area contributed by atoms with Gasteiger partial charge in [-0.15, -0.1) is 6.58 Å². The largest absolute Gasteiger partial charge is 0.572 e. The maximum Gasteiger partial charge on any atom is 0.572 e. The molecule has 0 atom stereocenters.